The minimum absolute atomic E-state index is 0.857. The number of rotatable bonds is 2. The van der Waals surface area contributed by atoms with Gasteiger partial charge in [0.15, 0.2) is 5.82 Å². The maximum absolute atomic E-state index is 4.81. The topological polar surface area (TPSA) is 37.8 Å². The van der Waals surface area contributed by atoms with E-state index < -0.39 is 0 Å². The molecule has 3 rings (SSSR count). The van der Waals surface area contributed by atoms with Crippen LogP contribution in [0.1, 0.15) is 34.4 Å². The van der Waals surface area contributed by atoms with Gasteiger partial charge in [-0.3, -0.25) is 0 Å². The third-order valence-corrected chi connectivity index (χ3v) is 4.25. The van der Waals surface area contributed by atoms with Gasteiger partial charge in [0.2, 0.25) is 0 Å². The van der Waals surface area contributed by atoms with Crippen LogP contribution in [0.25, 0.3) is 11.4 Å². The van der Waals surface area contributed by atoms with Crippen LogP contribution in [0.4, 0.5) is 5.82 Å². The maximum atomic E-state index is 4.81. The molecule has 1 aromatic carbocycles. The molecule has 2 aromatic rings. The second-order valence-corrected chi connectivity index (χ2v) is 5.68. The number of anilines is 1. The average molecular weight is 267 g/mol. The van der Waals surface area contributed by atoms with E-state index in [0.29, 0.717) is 0 Å². The summed E-state index contributed by atoms with van der Waals surface area (Å²) in [7, 11) is 1.94. The third kappa shape index (κ3) is 2.07. The fourth-order valence-electron chi connectivity index (χ4n) is 2.96. The van der Waals surface area contributed by atoms with E-state index in [0.717, 1.165) is 30.0 Å². The fraction of sp³-hybridized carbons (Fsp3) is 0.412. The van der Waals surface area contributed by atoms with Gasteiger partial charge < -0.3 is 5.32 Å². The highest BCUT2D eigenvalue weighted by atomic mass is 15.0. The molecule has 0 unspecified atom stereocenters. The maximum Gasteiger partial charge on any atom is 0.162 e. The summed E-state index contributed by atoms with van der Waals surface area (Å²) in [5, 5.41) is 3.23. The molecule has 1 aromatic heterocycles. The van der Waals surface area contributed by atoms with E-state index in [-0.39, 0.29) is 0 Å². The zero-order valence-electron chi connectivity index (χ0n) is 12.7. The summed E-state index contributed by atoms with van der Waals surface area (Å²) in [5.74, 6) is 1.86. The lowest BCUT2D eigenvalue weighted by molar-refractivity contribution is 0.900. The van der Waals surface area contributed by atoms with E-state index in [1.165, 1.54) is 34.4 Å². The van der Waals surface area contributed by atoms with Crippen molar-refractivity contribution < 1.29 is 0 Å². The second kappa shape index (κ2) is 4.89. The van der Waals surface area contributed by atoms with Crippen molar-refractivity contribution in [3.63, 3.8) is 0 Å². The molecule has 0 spiro atoms. The van der Waals surface area contributed by atoms with Gasteiger partial charge >= 0.3 is 0 Å². The first-order valence-electron chi connectivity index (χ1n) is 7.26. The molecule has 104 valence electrons. The second-order valence-electron chi connectivity index (χ2n) is 5.68. The van der Waals surface area contributed by atoms with Crippen LogP contribution in [0.2, 0.25) is 0 Å². The van der Waals surface area contributed by atoms with E-state index in [9.17, 15) is 0 Å². The monoisotopic (exact) mass is 267 g/mol. The quantitative estimate of drug-likeness (QED) is 0.903. The number of fused-ring (bicyclic) bond motifs is 1. The number of nitrogens with zero attached hydrogens (tertiary/aromatic N) is 2. The van der Waals surface area contributed by atoms with Gasteiger partial charge in [0.25, 0.3) is 0 Å². The minimum Gasteiger partial charge on any atom is -0.373 e. The first-order valence-corrected chi connectivity index (χ1v) is 7.26. The zero-order valence-corrected chi connectivity index (χ0v) is 12.7. The molecule has 1 heterocycles. The van der Waals surface area contributed by atoms with Crippen molar-refractivity contribution >= 4 is 5.82 Å². The first kappa shape index (κ1) is 13.1. The SMILES string of the molecule is CNc1nc(-c2cc(C)c(C)cc2C)nc2c1CCC2. The molecule has 0 saturated heterocycles. The largest absolute Gasteiger partial charge is 0.373 e. The van der Waals surface area contributed by atoms with E-state index in [2.05, 4.69) is 38.2 Å². The van der Waals surface area contributed by atoms with Crippen molar-refractivity contribution in [2.24, 2.45) is 0 Å². The zero-order chi connectivity index (χ0) is 14.3. The first-order chi connectivity index (χ1) is 9.60. The molecule has 3 nitrogen and oxygen atoms in total. The smallest absolute Gasteiger partial charge is 0.162 e. The molecule has 20 heavy (non-hydrogen) atoms. The Balaban J connectivity index is 2.18. The van der Waals surface area contributed by atoms with E-state index in [1.54, 1.807) is 0 Å². The lowest BCUT2D eigenvalue weighted by atomic mass is 10.00. The summed E-state index contributed by atoms with van der Waals surface area (Å²) in [6.07, 6.45) is 3.36. The van der Waals surface area contributed by atoms with E-state index in [4.69, 9.17) is 9.97 Å². The average Bonchev–Trinajstić information content (AvgIpc) is 2.90. The van der Waals surface area contributed by atoms with Crippen molar-refractivity contribution in [3.8, 4) is 11.4 Å². The Morgan fingerprint density at radius 2 is 1.70 bits per heavy atom. The summed E-state index contributed by atoms with van der Waals surface area (Å²) in [6.45, 7) is 6.43. The molecule has 0 radical (unpaired) electrons. The molecule has 1 aliphatic carbocycles. The molecule has 0 atom stereocenters. The highest BCUT2D eigenvalue weighted by Crippen LogP contribution is 2.30. The molecule has 1 N–H and O–H groups in total. The number of hydrogen-bond acceptors (Lipinski definition) is 3. The predicted molar refractivity (Wildman–Crippen MR) is 83.3 cm³/mol. The molecule has 0 amide bonds. The van der Waals surface area contributed by atoms with Gasteiger partial charge in [-0.15, -0.1) is 0 Å². The Labute approximate surface area is 120 Å². The Morgan fingerprint density at radius 1 is 0.950 bits per heavy atom. The van der Waals surface area contributed by atoms with Crippen molar-refractivity contribution in [2.75, 3.05) is 12.4 Å². The van der Waals surface area contributed by atoms with Gasteiger partial charge in [-0.1, -0.05) is 6.07 Å². The van der Waals surface area contributed by atoms with E-state index >= 15 is 0 Å². The Hall–Kier alpha value is -1.90. The molecule has 0 aliphatic heterocycles. The predicted octanol–water partition coefficient (Wildman–Crippen LogP) is 3.60. The van der Waals surface area contributed by atoms with Crippen molar-refractivity contribution in [3.05, 3.63) is 40.1 Å². The lowest BCUT2D eigenvalue weighted by Gasteiger charge is -2.12. The van der Waals surface area contributed by atoms with Crippen LogP contribution >= 0.6 is 0 Å². The number of aromatic nitrogens is 2. The van der Waals surface area contributed by atoms with Gasteiger partial charge in [0, 0.05) is 23.9 Å². The van der Waals surface area contributed by atoms with Gasteiger partial charge in [0.1, 0.15) is 5.82 Å². The standard InChI is InChI=1S/C17H21N3/c1-10-8-12(3)14(9-11(10)2)17-19-15-7-5-6-13(15)16(18-4)20-17/h8-9H,5-7H2,1-4H3,(H,18,19,20). The van der Waals surface area contributed by atoms with Crippen molar-refractivity contribution in [2.45, 2.75) is 40.0 Å². The Morgan fingerprint density at radius 3 is 2.45 bits per heavy atom. The van der Waals surface area contributed by atoms with Crippen LogP contribution in [0, 0.1) is 20.8 Å². The van der Waals surface area contributed by atoms with Crippen LogP contribution < -0.4 is 5.32 Å². The highest BCUT2D eigenvalue weighted by molar-refractivity contribution is 5.65. The van der Waals surface area contributed by atoms with Crippen LogP contribution in [-0.4, -0.2) is 17.0 Å². The molecular weight excluding hydrogens is 246 g/mol. The van der Waals surface area contributed by atoms with Crippen LogP contribution in [0.15, 0.2) is 12.1 Å². The van der Waals surface area contributed by atoms with Crippen LogP contribution in [-0.2, 0) is 12.8 Å². The number of nitrogens with one attached hydrogen (secondary N) is 1. The summed E-state index contributed by atoms with van der Waals surface area (Å²) >= 11 is 0. The van der Waals surface area contributed by atoms with Gasteiger partial charge in [-0.05, 0) is 62.8 Å². The van der Waals surface area contributed by atoms with Gasteiger partial charge in [0.05, 0.1) is 0 Å². The van der Waals surface area contributed by atoms with Crippen LogP contribution in [0.5, 0.6) is 0 Å². The van der Waals surface area contributed by atoms with Gasteiger partial charge in [-0.2, -0.15) is 0 Å². The number of hydrogen-bond donors (Lipinski definition) is 1. The summed E-state index contributed by atoms with van der Waals surface area (Å²) < 4.78 is 0. The number of aryl methyl sites for hydroxylation is 4. The van der Waals surface area contributed by atoms with Crippen LogP contribution in [0.3, 0.4) is 0 Å². The molecule has 1 aliphatic rings. The molecule has 0 saturated carbocycles. The normalized spacial score (nSPS) is 13.4. The lowest BCUT2D eigenvalue weighted by Crippen LogP contribution is -2.04. The third-order valence-electron chi connectivity index (χ3n) is 4.25. The highest BCUT2D eigenvalue weighted by Gasteiger charge is 2.20. The van der Waals surface area contributed by atoms with E-state index in [1.807, 2.05) is 7.05 Å². The molecular formula is C17H21N3. The molecule has 3 heteroatoms. The summed E-state index contributed by atoms with van der Waals surface area (Å²) in [5.41, 5.74) is 7.53. The van der Waals surface area contributed by atoms with Gasteiger partial charge in [-0.25, -0.2) is 9.97 Å². The van der Waals surface area contributed by atoms with Crippen molar-refractivity contribution in [1.29, 1.82) is 0 Å². The summed E-state index contributed by atoms with van der Waals surface area (Å²) in [4.78, 5) is 9.56. The molecule has 0 fully saturated rings. The summed E-state index contributed by atoms with van der Waals surface area (Å²) in [6, 6.07) is 4.43. The minimum atomic E-state index is 0.857. The number of benzene rings is 1. The Kier molecular flexibility index (Phi) is 3.20. The fourth-order valence-corrected chi connectivity index (χ4v) is 2.96. The van der Waals surface area contributed by atoms with Crippen molar-refractivity contribution in [1.82, 2.24) is 9.97 Å². The Bertz CT molecular complexity index is 674. The molecule has 0 bridgehead atoms.